The maximum absolute atomic E-state index is 13.5. The second-order valence-electron chi connectivity index (χ2n) is 4.99. The number of carbonyl (C=O) groups is 1. The molecule has 2 aromatic heterocycles. The molecule has 0 aliphatic rings. The van der Waals surface area contributed by atoms with Crippen molar-refractivity contribution in [1.29, 1.82) is 0 Å². The molecule has 2 N–H and O–H groups in total. The first-order chi connectivity index (χ1) is 11.6. The van der Waals surface area contributed by atoms with Crippen LogP contribution in [-0.2, 0) is 0 Å². The molecule has 0 fully saturated rings. The summed E-state index contributed by atoms with van der Waals surface area (Å²) in [6, 6.07) is 5.81. The molecule has 24 heavy (non-hydrogen) atoms. The third-order valence-corrected chi connectivity index (χ3v) is 3.91. The van der Waals surface area contributed by atoms with Crippen molar-refractivity contribution in [3.8, 4) is 16.6 Å². The van der Waals surface area contributed by atoms with Crippen LogP contribution < -0.4 is 10.1 Å². The van der Waals surface area contributed by atoms with E-state index in [2.05, 4.69) is 25.5 Å². The number of thiazole rings is 1. The fraction of sp³-hybridized carbons (Fsp3) is 0.200. The normalized spacial score (nSPS) is 11.9. The number of amides is 1. The largest absolute Gasteiger partial charge is 0.488 e. The molecule has 1 aromatic carbocycles. The number of benzene rings is 1. The fourth-order valence-electron chi connectivity index (χ4n) is 1.91. The Morgan fingerprint density at radius 1 is 1.46 bits per heavy atom. The molecule has 0 unspecified atom stereocenters. The topological polar surface area (TPSA) is 92.8 Å². The zero-order valence-corrected chi connectivity index (χ0v) is 13.5. The van der Waals surface area contributed by atoms with E-state index in [0.29, 0.717) is 10.8 Å². The van der Waals surface area contributed by atoms with Crippen molar-refractivity contribution in [3.05, 3.63) is 47.5 Å². The van der Waals surface area contributed by atoms with Gasteiger partial charge in [0.1, 0.15) is 18.6 Å². The molecule has 1 atom stereocenters. The van der Waals surface area contributed by atoms with E-state index in [1.54, 1.807) is 24.4 Å². The summed E-state index contributed by atoms with van der Waals surface area (Å²) < 4.78 is 18.8. The lowest BCUT2D eigenvalue weighted by Gasteiger charge is -2.14. The first-order valence-corrected chi connectivity index (χ1v) is 8.01. The van der Waals surface area contributed by atoms with E-state index in [0.717, 1.165) is 0 Å². The van der Waals surface area contributed by atoms with E-state index in [1.165, 1.54) is 29.8 Å². The summed E-state index contributed by atoms with van der Waals surface area (Å²) in [7, 11) is 0. The highest BCUT2D eigenvalue weighted by Crippen LogP contribution is 2.19. The van der Waals surface area contributed by atoms with Gasteiger partial charge in [0.2, 0.25) is 0 Å². The lowest BCUT2D eigenvalue weighted by molar-refractivity contribution is 0.0922. The number of aromatic nitrogens is 4. The van der Waals surface area contributed by atoms with E-state index in [9.17, 15) is 9.18 Å². The summed E-state index contributed by atoms with van der Waals surface area (Å²) in [5.41, 5.74) is 0.282. The van der Waals surface area contributed by atoms with E-state index < -0.39 is 5.82 Å². The van der Waals surface area contributed by atoms with Gasteiger partial charge in [0, 0.05) is 5.38 Å². The maximum Gasteiger partial charge on any atom is 0.271 e. The third kappa shape index (κ3) is 3.74. The monoisotopic (exact) mass is 347 g/mol. The van der Waals surface area contributed by atoms with Crippen molar-refractivity contribution < 1.29 is 13.9 Å². The van der Waals surface area contributed by atoms with Gasteiger partial charge in [-0.15, -0.1) is 11.3 Å². The molecule has 7 nitrogen and oxygen atoms in total. The molecular formula is C15H14FN5O2S. The molecule has 0 spiro atoms. The molecule has 0 saturated heterocycles. The van der Waals surface area contributed by atoms with Gasteiger partial charge in [0.15, 0.2) is 22.4 Å². The van der Waals surface area contributed by atoms with Crippen LogP contribution in [0.15, 0.2) is 36.0 Å². The highest BCUT2D eigenvalue weighted by Gasteiger charge is 2.16. The van der Waals surface area contributed by atoms with E-state index in [4.69, 9.17) is 4.74 Å². The molecule has 0 aliphatic heterocycles. The number of H-pyrrole nitrogens is 1. The zero-order chi connectivity index (χ0) is 16.9. The third-order valence-electron chi connectivity index (χ3n) is 3.06. The molecule has 0 aliphatic carbocycles. The van der Waals surface area contributed by atoms with Crippen molar-refractivity contribution in [2.75, 3.05) is 6.61 Å². The minimum atomic E-state index is -0.438. The summed E-state index contributed by atoms with van der Waals surface area (Å²) in [5.74, 6) is -0.108. The van der Waals surface area contributed by atoms with E-state index in [-0.39, 0.29) is 30.0 Å². The Morgan fingerprint density at radius 3 is 3.04 bits per heavy atom. The van der Waals surface area contributed by atoms with Gasteiger partial charge in [0.05, 0.1) is 6.04 Å². The molecular weight excluding hydrogens is 333 g/mol. The second-order valence-corrected chi connectivity index (χ2v) is 5.85. The van der Waals surface area contributed by atoms with E-state index in [1.807, 2.05) is 0 Å². The predicted octanol–water partition coefficient (Wildman–Crippen LogP) is 2.26. The second kappa shape index (κ2) is 7.18. The van der Waals surface area contributed by atoms with Crippen LogP contribution in [0.2, 0.25) is 0 Å². The van der Waals surface area contributed by atoms with Crippen LogP contribution in [0.1, 0.15) is 17.4 Å². The summed E-state index contributed by atoms with van der Waals surface area (Å²) in [5, 5.41) is 11.4. The van der Waals surface area contributed by atoms with Crippen molar-refractivity contribution in [3.63, 3.8) is 0 Å². The average Bonchev–Trinajstić information content (AvgIpc) is 3.25. The molecule has 124 valence electrons. The molecule has 1 amide bonds. The minimum absolute atomic E-state index is 0.145. The first-order valence-electron chi connectivity index (χ1n) is 7.13. The maximum atomic E-state index is 13.5. The highest BCUT2D eigenvalue weighted by molar-refractivity contribution is 7.13. The smallest absolute Gasteiger partial charge is 0.271 e. The number of carbonyl (C=O) groups excluding carboxylic acids is 1. The Bertz CT molecular complexity index is 821. The number of nitrogens with one attached hydrogen (secondary N) is 2. The van der Waals surface area contributed by atoms with Gasteiger partial charge < -0.3 is 10.1 Å². The molecule has 0 radical (unpaired) electrons. The number of ether oxygens (including phenoxy) is 1. The van der Waals surface area contributed by atoms with Crippen LogP contribution in [0.25, 0.3) is 10.8 Å². The minimum Gasteiger partial charge on any atom is -0.488 e. The predicted molar refractivity (Wildman–Crippen MR) is 86.3 cm³/mol. The van der Waals surface area contributed by atoms with Gasteiger partial charge in [-0.05, 0) is 19.1 Å². The molecule has 0 bridgehead atoms. The summed E-state index contributed by atoms with van der Waals surface area (Å²) in [6.45, 7) is 1.91. The number of para-hydroxylation sites is 1. The standard InChI is InChI=1S/C15H14FN5O2S/c1-9(6-23-12-5-3-2-4-10(12)16)19-14(22)11-7-24-15(20-11)13-17-8-18-21-13/h2-5,7-9H,6H2,1H3,(H,19,22)(H,17,18,21)/t9-/m1/s1. The van der Waals surface area contributed by atoms with Crippen molar-refractivity contribution in [2.45, 2.75) is 13.0 Å². The summed E-state index contributed by atoms with van der Waals surface area (Å²) in [6.07, 6.45) is 1.37. The van der Waals surface area contributed by atoms with Crippen LogP contribution in [0, 0.1) is 5.82 Å². The van der Waals surface area contributed by atoms with Gasteiger partial charge >= 0.3 is 0 Å². The number of hydrogen-bond acceptors (Lipinski definition) is 6. The first kappa shape index (κ1) is 16.1. The van der Waals surface area contributed by atoms with Crippen LogP contribution >= 0.6 is 11.3 Å². The van der Waals surface area contributed by atoms with Crippen LogP contribution in [0.3, 0.4) is 0 Å². The van der Waals surface area contributed by atoms with Crippen LogP contribution in [0.4, 0.5) is 4.39 Å². The van der Waals surface area contributed by atoms with Gasteiger partial charge in [-0.1, -0.05) is 12.1 Å². The number of halogens is 1. The Kier molecular flexibility index (Phi) is 4.80. The Hall–Kier alpha value is -2.81. The van der Waals surface area contributed by atoms with Crippen molar-refractivity contribution >= 4 is 17.2 Å². The lowest BCUT2D eigenvalue weighted by atomic mass is 10.3. The van der Waals surface area contributed by atoms with Gasteiger partial charge in [-0.2, -0.15) is 5.10 Å². The van der Waals surface area contributed by atoms with Gasteiger partial charge in [-0.25, -0.2) is 14.4 Å². The molecule has 0 saturated carbocycles. The highest BCUT2D eigenvalue weighted by atomic mass is 32.1. The number of nitrogens with zero attached hydrogens (tertiary/aromatic N) is 3. The fourth-order valence-corrected chi connectivity index (χ4v) is 2.66. The Labute approximate surface area is 140 Å². The quantitative estimate of drug-likeness (QED) is 0.713. The van der Waals surface area contributed by atoms with E-state index >= 15 is 0 Å². The number of aromatic amines is 1. The van der Waals surface area contributed by atoms with Crippen LogP contribution in [-0.4, -0.2) is 38.7 Å². The van der Waals surface area contributed by atoms with Gasteiger partial charge in [-0.3, -0.25) is 9.89 Å². The molecule has 9 heteroatoms. The molecule has 3 aromatic rings. The number of rotatable bonds is 6. The lowest BCUT2D eigenvalue weighted by Crippen LogP contribution is -2.37. The summed E-state index contributed by atoms with van der Waals surface area (Å²) in [4.78, 5) is 20.4. The van der Waals surface area contributed by atoms with Crippen molar-refractivity contribution in [2.24, 2.45) is 0 Å². The average molecular weight is 347 g/mol. The van der Waals surface area contributed by atoms with Crippen molar-refractivity contribution in [1.82, 2.24) is 25.5 Å². The SMILES string of the molecule is C[C@H](COc1ccccc1F)NC(=O)c1csc(-c2ncn[nH]2)n1. The zero-order valence-electron chi connectivity index (χ0n) is 12.7. The Morgan fingerprint density at radius 2 is 2.29 bits per heavy atom. The van der Waals surface area contributed by atoms with Gasteiger partial charge in [0.25, 0.3) is 5.91 Å². The number of hydrogen-bond donors (Lipinski definition) is 2. The Balaban J connectivity index is 1.55. The molecule has 2 heterocycles. The molecule has 3 rings (SSSR count). The van der Waals surface area contributed by atoms with Crippen LogP contribution in [0.5, 0.6) is 5.75 Å². The summed E-state index contributed by atoms with van der Waals surface area (Å²) >= 11 is 1.29.